The van der Waals surface area contributed by atoms with E-state index in [1.54, 1.807) is 6.11 Å². The van der Waals surface area contributed by atoms with Gasteiger partial charge >= 0.3 is 212 Å². The minimum absolute atomic E-state index is 0. The molecule has 0 atom stereocenters. The van der Waals surface area contributed by atoms with E-state index in [2.05, 4.69) is 39.0 Å². The van der Waals surface area contributed by atoms with Crippen LogP contribution in [0.15, 0.2) is 90.6 Å². The fourth-order valence-corrected chi connectivity index (χ4v) is 7.51. The second-order valence-electron chi connectivity index (χ2n) is 11.4. The first-order chi connectivity index (χ1) is 28.4. The number of carbonyl (C=O) groups is 4. The zero-order valence-electron chi connectivity index (χ0n) is 33.7. The molecule has 0 saturated carbocycles. The van der Waals surface area contributed by atoms with Crippen molar-refractivity contribution in [3.63, 3.8) is 0 Å². The normalized spacial score (nSPS) is 14.6. The summed E-state index contributed by atoms with van der Waals surface area (Å²) in [6.07, 6.45) is 11.4. The van der Waals surface area contributed by atoms with Crippen LogP contribution in [0.1, 0.15) is 28.9 Å². The molecule has 3 amide bonds. The number of esters is 1. The third kappa shape index (κ3) is 15.6. The summed E-state index contributed by atoms with van der Waals surface area (Å²) in [5.74, 6) is -4.95. The number of anilines is 1. The standard InChI is InChI=1S/C32H26N6O18S4.4K/c1-3-52-32(43)28-21(31(42)38(35-28)23-16-19(58-56-54-45)9-13-25(23)60(49,50)51)11-7-17(36-14-4-5-26(36)39)6-10-20-27(29(40)33-2)34-37(30(20)41)22-15-18(57-55-53-44)8-12-24(22)59(46,47)48;;;;/h1,6-13,15-16,42,44-45H,4-5,14H2,2H3,(H,33,40)(H,46,47,48)(H,49,50,51);;;;/q;4*+1/p-4/b11-7+,17-6+,20-10-;;;;. The number of terminal acetylenes is 1. The number of hydrazone groups is 1. The maximum Gasteiger partial charge on any atom is 1.00 e. The number of benzene rings is 2. The van der Waals surface area contributed by atoms with Crippen molar-refractivity contribution in [3.05, 3.63) is 77.2 Å². The summed E-state index contributed by atoms with van der Waals surface area (Å²) in [6, 6.07) is 5.53. The van der Waals surface area contributed by atoms with Gasteiger partial charge < -0.3 is 39.7 Å². The van der Waals surface area contributed by atoms with E-state index in [9.17, 15) is 60.7 Å². The summed E-state index contributed by atoms with van der Waals surface area (Å²) < 4.78 is 86.6. The second kappa shape index (κ2) is 28.5. The van der Waals surface area contributed by atoms with Crippen LogP contribution < -0.4 is 226 Å². The molecule has 0 spiro atoms. The van der Waals surface area contributed by atoms with Gasteiger partial charge in [0.05, 0.1) is 56.4 Å². The minimum Gasteiger partial charge on any atom is -0.744 e. The van der Waals surface area contributed by atoms with Crippen LogP contribution >= 0.6 is 24.1 Å². The van der Waals surface area contributed by atoms with Crippen molar-refractivity contribution in [3.8, 4) is 24.1 Å². The van der Waals surface area contributed by atoms with Crippen LogP contribution in [0.25, 0.3) is 11.8 Å². The number of aromatic nitrogens is 2. The van der Waals surface area contributed by atoms with Crippen molar-refractivity contribution in [2.24, 2.45) is 5.10 Å². The number of ether oxygens (including phenoxy) is 1. The molecule has 316 valence electrons. The predicted molar refractivity (Wildman–Crippen MR) is 193 cm³/mol. The number of amides is 3. The van der Waals surface area contributed by atoms with Crippen molar-refractivity contribution in [2.75, 3.05) is 18.6 Å². The van der Waals surface area contributed by atoms with E-state index >= 15 is 0 Å². The summed E-state index contributed by atoms with van der Waals surface area (Å²) >= 11 is 0.552. The Labute approximate surface area is 541 Å². The van der Waals surface area contributed by atoms with Crippen LogP contribution in [0.2, 0.25) is 0 Å². The number of nitrogens with zero attached hydrogens (tertiary/aromatic N) is 5. The van der Waals surface area contributed by atoms with E-state index in [1.165, 1.54) is 11.9 Å². The van der Waals surface area contributed by atoms with Gasteiger partial charge in [0.2, 0.25) is 11.8 Å². The Hall–Kier alpha value is 0.605. The van der Waals surface area contributed by atoms with Gasteiger partial charge in [-0.25, -0.2) is 21.6 Å². The van der Waals surface area contributed by atoms with Gasteiger partial charge in [-0.05, 0) is 67.1 Å². The molecule has 1 aromatic heterocycles. The number of rotatable bonds is 16. The van der Waals surface area contributed by atoms with E-state index in [-0.39, 0.29) is 258 Å². The molecular weight excluding hydrogens is 1040 g/mol. The van der Waals surface area contributed by atoms with Gasteiger partial charge in [0, 0.05) is 35.5 Å². The number of likely N-dealkylation sites (tertiary alicyclic amines) is 1. The van der Waals surface area contributed by atoms with Crippen LogP contribution in [-0.2, 0) is 58.1 Å². The fourth-order valence-electron chi connectivity index (χ4n) is 5.46. The average molecular weight is 1060 g/mol. The van der Waals surface area contributed by atoms with Crippen molar-refractivity contribution in [1.29, 1.82) is 0 Å². The van der Waals surface area contributed by atoms with Crippen molar-refractivity contribution >= 4 is 85.5 Å². The van der Waals surface area contributed by atoms with Gasteiger partial charge in [-0.2, -0.15) is 28.6 Å². The van der Waals surface area contributed by atoms with Crippen molar-refractivity contribution in [1.82, 2.24) is 20.0 Å². The Kier molecular flexibility index (Phi) is 27.8. The molecule has 0 bridgehead atoms. The third-order valence-electron chi connectivity index (χ3n) is 7.96. The van der Waals surface area contributed by atoms with E-state index in [0.29, 0.717) is 16.1 Å². The van der Waals surface area contributed by atoms with Gasteiger partial charge in [-0.1, -0.05) is 6.42 Å². The Morgan fingerprint density at radius 2 is 1.50 bits per heavy atom. The Bertz CT molecular complexity index is 2670. The molecule has 2 N–H and O–H groups in total. The number of hydrogen-bond donors (Lipinski definition) is 2. The van der Waals surface area contributed by atoms with Gasteiger partial charge in [0.1, 0.15) is 26.3 Å². The van der Waals surface area contributed by atoms with Crippen LogP contribution in [0.4, 0.5) is 5.69 Å². The molecule has 0 unspecified atom stereocenters. The molecule has 0 radical (unpaired) electrons. The molecule has 3 heterocycles. The second-order valence-corrected chi connectivity index (χ2v) is 15.7. The van der Waals surface area contributed by atoms with Crippen molar-refractivity contribution < 1.29 is 290 Å². The maximum absolute atomic E-state index is 13.9. The zero-order chi connectivity index (χ0) is 43.9. The molecule has 32 heteroatoms. The monoisotopic (exact) mass is 1060 g/mol. The number of carbonyl (C=O) groups excluding carboxylic acids is 4. The van der Waals surface area contributed by atoms with E-state index in [4.69, 9.17) is 6.42 Å². The summed E-state index contributed by atoms with van der Waals surface area (Å²) in [4.78, 5) is 52.0. The number of allylic oxidation sites excluding steroid dienone is 3. The summed E-state index contributed by atoms with van der Waals surface area (Å²) in [6.45, 7) is 0.0839. The van der Waals surface area contributed by atoms with Crippen LogP contribution in [0.5, 0.6) is 5.88 Å². The Morgan fingerprint density at radius 3 is 2.00 bits per heavy atom. The van der Waals surface area contributed by atoms with Gasteiger partial charge in [-0.3, -0.25) is 24.5 Å². The molecule has 3 aromatic rings. The van der Waals surface area contributed by atoms with E-state index in [0.717, 1.165) is 60.7 Å². The van der Waals surface area contributed by atoms with Crippen LogP contribution in [0, 0.1) is 12.5 Å². The summed E-state index contributed by atoms with van der Waals surface area (Å²) in [7, 11) is -9.43. The maximum atomic E-state index is 13.9. The largest absolute Gasteiger partial charge is 1.00 e. The first kappa shape index (κ1) is 62.6. The summed E-state index contributed by atoms with van der Waals surface area (Å²) in [5.41, 5.74) is -3.79. The Balaban J connectivity index is 0.00000512. The van der Waals surface area contributed by atoms with Crippen LogP contribution in [0.3, 0.4) is 0 Å². The number of aromatic hydroxyl groups is 1. The topological polar surface area (TPSA) is 344 Å². The van der Waals surface area contributed by atoms with Gasteiger partial charge in [0.25, 0.3) is 11.8 Å². The van der Waals surface area contributed by atoms with Gasteiger partial charge in [0.15, 0.2) is 11.4 Å². The average Bonchev–Trinajstić information content (AvgIpc) is 3.89. The molecular formula is C32H22K4N6O18S4. The molecule has 1 fully saturated rings. The van der Waals surface area contributed by atoms with E-state index < -0.39 is 93.5 Å². The minimum atomic E-state index is -5.31. The molecule has 1 saturated heterocycles. The van der Waals surface area contributed by atoms with E-state index in [1.807, 2.05) is 0 Å². The predicted octanol–water partition coefficient (Wildman–Crippen LogP) is -12.8. The first-order valence-electron chi connectivity index (χ1n) is 16.0. The van der Waals surface area contributed by atoms with Crippen LogP contribution in [-0.4, -0.2) is 88.7 Å². The molecule has 2 aromatic carbocycles. The number of nitrogens with one attached hydrogen (secondary N) is 1. The molecule has 64 heavy (non-hydrogen) atoms. The quantitative estimate of drug-likeness (QED) is 0.0155. The third-order valence-corrected chi connectivity index (χ3v) is 10.9. The van der Waals surface area contributed by atoms with Gasteiger partial charge in [-0.15, -0.1) is 0 Å². The number of hydrogen-bond acceptors (Lipinski definition) is 22. The molecule has 2 aliphatic heterocycles. The zero-order valence-corrected chi connectivity index (χ0v) is 49.5. The SMILES string of the molecule is C#COC(=O)c1nn(-c2cc(SOO[O-])ccc2S(=O)(=O)[O-])c(O)c1/C=C/C(=C\C=C1/C(=O)N(c2cc(SOO[O-])ccc2S(=O)(=O)[O-])N=C1C(=O)NC)N1CCCC1=O.[K+].[K+].[K+].[K+]. The summed E-state index contributed by atoms with van der Waals surface area (Å²) in [5, 5.41) is 49.2. The molecule has 24 nitrogen and oxygen atoms in total. The molecule has 0 aliphatic carbocycles. The molecule has 5 rings (SSSR count). The first-order valence-corrected chi connectivity index (χ1v) is 20.3. The Morgan fingerprint density at radius 1 is 0.938 bits per heavy atom. The molecule has 2 aliphatic rings. The smallest absolute Gasteiger partial charge is 0.744 e. The van der Waals surface area contributed by atoms with Crippen molar-refractivity contribution in [2.45, 2.75) is 32.4 Å². The fraction of sp³-hybridized carbons (Fsp3) is 0.125.